The molecular formula is C37H35F6IN2O6. The number of pyridine rings is 1. The van der Waals surface area contributed by atoms with Crippen LogP contribution in [0, 0.1) is 21.3 Å². The molecule has 0 saturated carbocycles. The Morgan fingerprint density at radius 2 is 1.73 bits per heavy atom. The summed E-state index contributed by atoms with van der Waals surface area (Å²) in [5, 5.41) is 32.8. The van der Waals surface area contributed by atoms with Crippen molar-refractivity contribution in [2.24, 2.45) is 17.8 Å². The van der Waals surface area contributed by atoms with E-state index in [4.69, 9.17) is 4.74 Å². The molecule has 1 saturated heterocycles. The molecule has 2 amide bonds. The van der Waals surface area contributed by atoms with Crippen LogP contribution in [-0.4, -0.2) is 51.9 Å². The van der Waals surface area contributed by atoms with Crippen LogP contribution in [-0.2, 0) is 21.9 Å². The number of methoxy groups -OCH3 is 1. The Kier molecular flexibility index (Phi) is 11.7. The van der Waals surface area contributed by atoms with Gasteiger partial charge in [0.2, 0.25) is 11.8 Å². The zero-order valence-electron chi connectivity index (χ0n) is 27.9. The second kappa shape index (κ2) is 15.6. The van der Waals surface area contributed by atoms with Crippen LogP contribution in [0.15, 0.2) is 65.9 Å². The number of benzene rings is 2. The Morgan fingerprint density at radius 3 is 2.29 bits per heavy atom. The number of allylic oxidation sites excluding steroid dienone is 2. The molecule has 2 heterocycles. The van der Waals surface area contributed by atoms with Crippen LogP contribution < -0.4 is 9.64 Å². The van der Waals surface area contributed by atoms with E-state index in [9.17, 15) is 51.3 Å². The summed E-state index contributed by atoms with van der Waals surface area (Å²) >= 11 is 1.97. The Hall–Kier alpha value is -3.96. The van der Waals surface area contributed by atoms with E-state index in [2.05, 4.69) is 4.98 Å². The van der Waals surface area contributed by atoms with Crippen LogP contribution in [0.5, 0.6) is 11.5 Å². The number of hydrogen-bond donors (Lipinski definition) is 3. The molecule has 8 nitrogen and oxygen atoms in total. The van der Waals surface area contributed by atoms with Gasteiger partial charge in [-0.3, -0.25) is 14.6 Å². The third-order valence-electron chi connectivity index (χ3n) is 9.41. The van der Waals surface area contributed by atoms with E-state index in [0.29, 0.717) is 61.4 Å². The smallest absolute Gasteiger partial charge is 0.416 e. The molecule has 0 unspecified atom stereocenters. The van der Waals surface area contributed by atoms with Gasteiger partial charge in [-0.15, -0.1) is 0 Å². The average Bonchev–Trinajstić information content (AvgIpc) is 3.35. The van der Waals surface area contributed by atoms with Crippen molar-refractivity contribution in [1.82, 2.24) is 4.98 Å². The number of ether oxygens (including phenoxy) is 1. The van der Waals surface area contributed by atoms with Gasteiger partial charge in [0.25, 0.3) is 0 Å². The number of rotatable bonds is 11. The summed E-state index contributed by atoms with van der Waals surface area (Å²) in [7, 11) is 1.42. The lowest BCUT2D eigenvalue weighted by molar-refractivity contribution is -0.143. The minimum Gasteiger partial charge on any atom is -0.504 e. The van der Waals surface area contributed by atoms with E-state index in [1.807, 2.05) is 35.6 Å². The topological polar surface area (TPSA) is 120 Å². The van der Waals surface area contributed by atoms with Gasteiger partial charge in [-0.1, -0.05) is 25.0 Å². The van der Waals surface area contributed by atoms with Gasteiger partial charge in [0, 0.05) is 12.1 Å². The lowest BCUT2D eigenvalue weighted by Gasteiger charge is -2.36. The number of phenols is 1. The van der Waals surface area contributed by atoms with Crippen molar-refractivity contribution in [2.45, 2.75) is 57.5 Å². The average molecular weight is 845 g/mol. The van der Waals surface area contributed by atoms with Crippen molar-refractivity contribution in [3.8, 4) is 11.5 Å². The summed E-state index contributed by atoms with van der Waals surface area (Å²) in [6.07, 6.45) is -7.08. The minimum absolute atomic E-state index is 0.0246. The highest BCUT2D eigenvalue weighted by Gasteiger charge is 2.55. The van der Waals surface area contributed by atoms with Crippen molar-refractivity contribution >= 4 is 51.7 Å². The highest BCUT2D eigenvalue weighted by molar-refractivity contribution is 14.1. The molecule has 1 aromatic heterocycles. The molecule has 52 heavy (non-hydrogen) atoms. The summed E-state index contributed by atoms with van der Waals surface area (Å²) in [6.45, 7) is 1.14. The maximum absolute atomic E-state index is 13.9. The maximum atomic E-state index is 13.9. The summed E-state index contributed by atoms with van der Waals surface area (Å²) in [4.78, 5) is 32.5. The highest BCUT2D eigenvalue weighted by atomic mass is 127. The number of carbonyl (C=O) groups is 2. The number of imide groups is 1. The van der Waals surface area contributed by atoms with Gasteiger partial charge in [-0.2, -0.15) is 26.3 Å². The van der Waals surface area contributed by atoms with Crippen molar-refractivity contribution in [2.75, 3.05) is 18.6 Å². The first-order chi connectivity index (χ1) is 24.5. The Bertz CT molecular complexity index is 1860. The largest absolute Gasteiger partial charge is 0.504 e. The number of aromatic nitrogens is 1. The Morgan fingerprint density at radius 1 is 1.06 bits per heavy atom. The zero-order valence-corrected chi connectivity index (χ0v) is 30.1. The molecule has 0 radical (unpaired) electrons. The van der Waals surface area contributed by atoms with Gasteiger partial charge >= 0.3 is 12.4 Å². The van der Waals surface area contributed by atoms with E-state index >= 15 is 0 Å². The number of aliphatic hydroxyl groups is 2. The minimum atomic E-state index is -5.20. The molecule has 0 spiro atoms. The third kappa shape index (κ3) is 8.00. The molecule has 4 atom stereocenters. The second-order valence-corrected chi connectivity index (χ2v) is 13.9. The number of amides is 2. The number of nitrogens with zero attached hydrogens (tertiary/aromatic N) is 2. The molecule has 1 aliphatic carbocycles. The quantitative estimate of drug-likeness (QED) is 0.0774. The van der Waals surface area contributed by atoms with Gasteiger partial charge in [0.05, 0.1) is 57.7 Å². The fourth-order valence-corrected chi connectivity index (χ4v) is 7.75. The van der Waals surface area contributed by atoms with Crippen molar-refractivity contribution in [1.29, 1.82) is 0 Å². The molecular weight excluding hydrogens is 809 g/mol. The second-order valence-electron chi connectivity index (χ2n) is 12.7. The van der Waals surface area contributed by atoms with E-state index in [0.717, 1.165) is 0 Å². The van der Waals surface area contributed by atoms with Crippen LogP contribution in [0.4, 0.5) is 32.0 Å². The summed E-state index contributed by atoms with van der Waals surface area (Å²) in [5.74, 6) is -5.42. The van der Waals surface area contributed by atoms with E-state index in [1.54, 1.807) is 36.5 Å². The molecule has 15 heteroatoms. The molecule has 2 aromatic carbocycles. The fourth-order valence-electron chi connectivity index (χ4n) is 7.13. The fraction of sp³-hybridized carbons (Fsp3) is 0.378. The van der Waals surface area contributed by atoms with Crippen LogP contribution >= 0.6 is 22.6 Å². The van der Waals surface area contributed by atoms with Crippen molar-refractivity contribution in [3.63, 3.8) is 0 Å². The number of phenolic OH excluding ortho intramolecular Hbond substituents is 1. The number of halogens is 7. The Labute approximate surface area is 309 Å². The van der Waals surface area contributed by atoms with E-state index < -0.39 is 71.4 Å². The van der Waals surface area contributed by atoms with E-state index in [-0.39, 0.29) is 36.8 Å². The third-order valence-corrected chi connectivity index (χ3v) is 10.2. The van der Waals surface area contributed by atoms with Crippen molar-refractivity contribution < 1.29 is 56.0 Å². The first kappa shape index (κ1) is 39.3. The molecule has 5 rings (SSSR count). The standard InChI is InChI=1S/C37H35F6IN2O6/c1-3-6-21-14-25-32(35(51)46(34(25)50)24-16-22(36(38,39)40)15-23(17-24)37(41,42)43)26(18-47)31(21)29(48)9-8-20(28-7-4-5-10-45-28)11-19-12-27(44)33(49)30(13-19)52-2/h4-5,7,10-13,15-17,25-26,29,32,47-49H,3,6,8-9,14,18H2,1-2H3/b20-11-/t25-,26+,29-,32-/m1/s1. The van der Waals surface area contributed by atoms with Crippen LogP contribution in [0.1, 0.15) is 61.4 Å². The van der Waals surface area contributed by atoms with Gasteiger partial charge in [0.15, 0.2) is 11.5 Å². The molecule has 278 valence electrons. The molecule has 3 aromatic rings. The number of anilines is 1. The van der Waals surface area contributed by atoms with Crippen LogP contribution in [0.3, 0.4) is 0 Å². The van der Waals surface area contributed by atoms with Gasteiger partial charge in [-0.25, -0.2) is 4.90 Å². The van der Waals surface area contributed by atoms with Gasteiger partial charge < -0.3 is 20.1 Å². The first-order valence-corrected chi connectivity index (χ1v) is 17.4. The summed E-state index contributed by atoms with van der Waals surface area (Å²) < 4.78 is 87.9. The monoisotopic (exact) mass is 844 g/mol. The Balaban J connectivity index is 1.50. The number of hydrogen-bond acceptors (Lipinski definition) is 7. The van der Waals surface area contributed by atoms with Crippen LogP contribution in [0.2, 0.25) is 0 Å². The number of aliphatic hydroxyl groups excluding tert-OH is 2. The number of carbonyl (C=O) groups excluding carboxylic acids is 2. The first-order valence-electron chi connectivity index (χ1n) is 16.4. The highest BCUT2D eigenvalue weighted by Crippen LogP contribution is 2.49. The molecule has 3 N–H and O–H groups in total. The molecule has 1 aliphatic heterocycles. The normalized spacial score (nSPS) is 20.4. The number of fused-ring (bicyclic) bond motifs is 1. The SMILES string of the molecule is CCCC1=C([C@H](O)CC/C(=C/c2cc(I)c(O)c(OC)c2)c2ccccn2)[C@H](CO)[C@@H]2C(=O)N(c3cc(C(F)(F)F)cc(C(F)(F)F)c3)C(=O)[C@@H]2C1. The lowest BCUT2D eigenvalue weighted by Crippen LogP contribution is -2.39. The summed E-state index contributed by atoms with van der Waals surface area (Å²) in [6, 6.07) is 9.26. The van der Waals surface area contributed by atoms with Gasteiger partial charge in [0.1, 0.15) is 0 Å². The van der Waals surface area contributed by atoms with Crippen molar-refractivity contribution in [3.05, 3.63) is 91.8 Å². The molecule has 1 fully saturated rings. The van der Waals surface area contributed by atoms with E-state index in [1.165, 1.54) is 7.11 Å². The molecule has 2 aliphatic rings. The number of alkyl halides is 6. The van der Waals surface area contributed by atoms with Crippen LogP contribution in [0.25, 0.3) is 11.6 Å². The zero-order chi connectivity index (χ0) is 38.1. The predicted octanol–water partition coefficient (Wildman–Crippen LogP) is 8.03. The maximum Gasteiger partial charge on any atom is 0.416 e. The lowest BCUT2D eigenvalue weighted by atomic mass is 9.67. The number of aromatic hydroxyl groups is 1. The molecule has 0 bridgehead atoms. The van der Waals surface area contributed by atoms with Gasteiger partial charge in [-0.05, 0) is 114 Å². The predicted molar refractivity (Wildman–Crippen MR) is 188 cm³/mol. The summed E-state index contributed by atoms with van der Waals surface area (Å²) in [5.41, 5.74) is -1.34.